The van der Waals surface area contributed by atoms with Crippen LogP contribution in [0.2, 0.25) is 0 Å². The first-order valence-electron chi connectivity index (χ1n) is 9.12. The summed E-state index contributed by atoms with van der Waals surface area (Å²) in [6, 6.07) is 8.10. The first-order chi connectivity index (χ1) is 11.5. The third-order valence-corrected chi connectivity index (χ3v) is 5.74. The van der Waals surface area contributed by atoms with Crippen molar-refractivity contribution in [3.8, 4) is 5.75 Å². The topological polar surface area (TPSA) is 77.0 Å². The van der Waals surface area contributed by atoms with E-state index in [2.05, 4.69) is 6.07 Å². The van der Waals surface area contributed by atoms with Gasteiger partial charge in [-0.3, -0.25) is 4.79 Å². The summed E-state index contributed by atoms with van der Waals surface area (Å²) in [4.78, 5) is 12.8. The van der Waals surface area contributed by atoms with Crippen molar-refractivity contribution in [2.45, 2.75) is 50.7 Å². The van der Waals surface area contributed by atoms with E-state index in [1.165, 1.54) is 0 Å². The lowest BCUT2D eigenvalue weighted by atomic mass is 9.66. The Labute approximate surface area is 143 Å². The van der Waals surface area contributed by atoms with Gasteiger partial charge in [-0.2, -0.15) is 0 Å². The SMILES string of the molecule is CCOc1ccccc1[C@@H]1[C@H]2CCCC[C@@]2(O)CC[NH+]1CC(N)=O. The predicted molar refractivity (Wildman–Crippen MR) is 91.8 cm³/mol. The minimum absolute atomic E-state index is 0.0549. The molecule has 3 rings (SSSR count). The number of nitrogens with one attached hydrogen (secondary N) is 1. The molecule has 1 aliphatic carbocycles. The van der Waals surface area contributed by atoms with E-state index in [1.54, 1.807) is 0 Å². The summed E-state index contributed by atoms with van der Waals surface area (Å²) < 4.78 is 5.85. The molecule has 4 atom stereocenters. The van der Waals surface area contributed by atoms with E-state index in [0.29, 0.717) is 13.2 Å². The predicted octanol–water partition coefficient (Wildman–Crippen LogP) is 0.822. The Morgan fingerprint density at radius 3 is 2.92 bits per heavy atom. The number of piperidine rings is 1. The Bertz CT molecular complexity index is 592. The molecule has 1 heterocycles. The average molecular weight is 333 g/mol. The maximum atomic E-state index is 11.6. The molecule has 4 N–H and O–H groups in total. The molecule has 0 radical (unpaired) electrons. The fraction of sp³-hybridized carbons (Fsp3) is 0.632. The number of hydrogen-bond acceptors (Lipinski definition) is 3. The largest absolute Gasteiger partial charge is 0.493 e. The summed E-state index contributed by atoms with van der Waals surface area (Å²) >= 11 is 0. The highest BCUT2D eigenvalue weighted by molar-refractivity contribution is 5.74. The highest BCUT2D eigenvalue weighted by Gasteiger charge is 2.52. The van der Waals surface area contributed by atoms with Gasteiger partial charge in [-0.15, -0.1) is 0 Å². The van der Waals surface area contributed by atoms with Crippen LogP contribution < -0.4 is 15.4 Å². The van der Waals surface area contributed by atoms with E-state index in [1.807, 2.05) is 25.1 Å². The average Bonchev–Trinajstić information content (AvgIpc) is 2.55. The van der Waals surface area contributed by atoms with Gasteiger partial charge in [0.05, 0.1) is 24.3 Å². The number of carbonyl (C=O) groups excluding carboxylic acids is 1. The molecule has 1 aromatic rings. The summed E-state index contributed by atoms with van der Waals surface area (Å²) in [5, 5.41) is 11.2. The Kier molecular flexibility index (Phi) is 5.11. The number of fused-ring (bicyclic) bond motifs is 1. The summed E-state index contributed by atoms with van der Waals surface area (Å²) in [6.45, 7) is 3.64. The standard InChI is InChI=1S/C19H28N2O3/c1-2-24-16-9-4-3-7-14(16)18-15-8-5-6-10-19(15,23)11-12-21(18)13-17(20)22/h3-4,7,9,15,18,23H,2,5-6,8,10-13H2,1H3,(H2,20,22)/p+1/t15-,18-,19-/m1/s1. The minimum Gasteiger partial charge on any atom is -0.493 e. The smallest absolute Gasteiger partial charge is 0.272 e. The molecule has 0 bridgehead atoms. The summed E-state index contributed by atoms with van der Waals surface area (Å²) in [5.74, 6) is 0.725. The van der Waals surface area contributed by atoms with Crippen molar-refractivity contribution in [1.82, 2.24) is 0 Å². The van der Waals surface area contributed by atoms with E-state index in [-0.39, 0.29) is 17.9 Å². The van der Waals surface area contributed by atoms with Gasteiger partial charge >= 0.3 is 0 Å². The zero-order valence-electron chi connectivity index (χ0n) is 14.5. The number of rotatable bonds is 5. The second-order valence-electron chi connectivity index (χ2n) is 7.21. The first kappa shape index (κ1) is 17.2. The number of nitrogens with two attached hydrogens (primary N) is 1. The third-order valence-electron chi connectivity index (χ3n) is 5.74. The molecule has 1 amide bonds. The molecule has 1 aromatic carbocycles. The molecule has 5 heteroatoms. The van der Waals surface area contributed by atoms with Gasteiger partial charge < -0.3 is 20.5 Å². The van der Waals surface area contributed by atoms with E-state index in [4.69, 9.17) is 10.5 Å². The van der Waals surface area contributed by atoms with Crippen LogP contribution in [0.1, 0.15) is 50.6 Å². The van der Waals surface area contributed by atoms with Gasteiger partial charge in [0.1, 0.15) is 11.8 Å². The van der Waals surface area contributed by atoms with Crippen molar-refractivity contribution in [2.24, 2.45) is 11.7 Å². The van der Waals surface area contributed by atoms with E-state index >= 15 is 0 Å². The van der Waals surface area contributed by atoms with Gasteiger partial charge in [0, 0.05) is 12.3 Å². The number of quaternary nitrogens is 1. The highest BCUT2D eigenvalue weighted by Crippen LogP contribution is 2.45. The Balaban J connectivity index is 2.01. The second-order valence-corrected chi connectivity index (χ2v) is 7.21. The van der Waals surface area contributed by atoms with Crippen molar-refractivity contribution in [3.05, 3.63) is 29.8 Å². The lowest BCUT2D eigenvalue weighted by molar-refractivity contribution is -0.937. The number of primary amides is 1. The van der Waals surface area contributed by atoms with Gasteiger partial charge in [-0.25, -0.2) is 0 Å². The number of likely N-dealkylation sites (tertiary alicyclic amines) is 1. The molecule has 0 aromatic heterocycles. The normalized spacial score (nSPS) is 32.8. The van der Waals surface area contributed by atoms with Crippen LogP contribution in [0.25, 0.3) is 0 Å². The van der Waals surface area contributed by atoms with Crippen LogP contribution in [0.4, 0.5) is 0 Å². The molecule has 0 spiro atoms. The molecular formula is C19H29N2O3+. The third kappa shape index (κ3) is 3.28. The van der Waals surface area contributed by atoms with Crippen LogP contribution in [0, 0.1) is 5.92 Å². The zero-order valence-corrected chi connectivity index (χ0v) is 14.5. The quantitative estimate of drug-likeness (QED) is 0.747. The number of benzene rings is 1. The number of ether oxygens (including phenoxy) is 1. The molecule has 5 nitrogen and oxygen atoms in total. The molecule has 2 fully saturated rings. The maximum absolute atomic E-state index is 11.6. The Morgan fingerprint density at radius 1 is 1.38 bits per heavy atom. The molecule has 24 heavy (non-hydrogen) atoms. The van der Waals surface area contributed by atoms with Gasteiger partial charge in [-0.05, 0) is 31.9 Å². The molecule has 2 aliphatic rings. The second kappa shape index (κ2) is 7.11. The van der Waals surface area contributed by atoms with Gasteiger partial charge in [-0.1, -0.05) is 25.0 Å². The summed E-state index contributed by atoms with van der Waals surface area (Å²) in [7, 11) is 0. The van der Waals surface area contributed by atoms with Crippen molar-refractivity contribution >= 4 is 5.91 Å². The van der Waals surface area contributed by atoms with E-state index < -0.39 is 5.60 Å². The van der Waals surface area contributed by atoms with E-state index in [9.17, 15) is 9.90 Å². The van der Waals surface area contributed by atoms with Gasteiger partial charge in [0.2, 0.25) is 0 Å². The molecule has 1 saturated carbocycles. The fourth-order valence-electron chi connectivity index (χ4n) is 4.74. The van der Waals surface area contributed by atoms with Crippen LogP contribution in [0.5, 0.6) is 5.75 Å². The lowest BCUT2D eigenvalue weighted by Crippen LogP contribution is -3.16. The number of para-hydroxylation sites is 1. The van der Waals surface area contributed by atoms with E-state index in [0.717, 1.165) is 54.9 Å². The monoisotopic (exact) mass is 333 g/mol. The van der Waals surface area contributed by atoms with Crippen molar-refractivity contribution in [1.29, 1.82) is 0 Å². The lowest BCUT2D eigenvalue weighted by Gasteiger charge is -2.50. The molecular weight excluding hydrogens is 304 g/mol. The van der Waals surface area contributed by atoms with Gasteiger partial charge in [0.15, 0.2) is 6.54 Å². The van der Waals surface area contributed by atoms with Crippen LogP contribution in [0.3, 0.4) is 0 Å². The molecule has 1 saturated heterocycles. The fourth-order valence-corrected chi connectivity index (χ4v) is 4.74. The van der Waals surface area contributed by atoms with Crippen LogP contribution in [-0.2, 0) is 4.79 Å². The Hall–Kier alpha value is -1.59. The molecule has 1 unspecified atom stereocenters. The van der Waals surface area contributed by atoms with Crippen molar-refractivity contribution in [2.75, 3.05) is 19.7 Å². The molecule has 132 valence electrons. The van der Waals surface area contributed by atoms with Crippen molar-refractivity contribution < 1.29 is 19.5 Å². The number of amides is 1. The van der Waals surface area contributed by atoms with Crippen LogP contribution in [0.15, 0.2) is 24.3 Å². The number of aliphatic hydroxyl groups is 1. The highest BCUT2D eigenvalue weighted by atomic mass is 16.5. The number of carbonyl (C=O) groups is 1. The van der Waals surface area contributed by atoms with Gasteiger partial charge in [0.25, 0.3) is 5.91 Å². The first-order valence-corrected chi connectivity index (χ1v) is 9.12. The zero-order chi connectivity index (χ0) is 17.2. The molecule has 1 aliphatic heterocycles. The van der Waals surface area contributed by atoms with Crippen LogP contribution >= 0.6 is 0 Å². The minimum atomic E-state index is -0.622. The summed E-state index contributed by atoms with van der Waals surface area (Å²) in [6.07, 6.45) is 4.80. The summed E-state index contributed by atoms with van der Waals surface area (Å²) in [5.41, 5.74) is 5.98. The van der Waals surface area contributed by atoms with Crippen molar-refractivity contribution in [3.63, 3.8) is 0 Å². The van der Waals surface area contributed by atoms with Crippen LogP contribution in [-0.4, -0.2) is 36.3 Å². The Morgan fingerprint density at radius 2 is 2.17 bits per heavy atom. The maximum Gasteiger partial charge on any atom is 0.272 e. The number of hydrogen-bond donors (Lipinski definition) is 3.